The highest BCUT2D eigenvalue weighted by atomic mass is 16.5. The van der Waals surface area contributed by atoms with Crippen LogP contribution in [0, 0.1) is 5.92 Å². The van der Waals surface area contributed by atoms with Crippen molar-refractivity contribution in [3.8, 4) is 34.5 Å². The molecule has 0 aliphatic carbocycles. The van der Waals surface area contributed by atoms with Crippen molar-refractivity contribution < 1.29 is 34.7 Å². The molecule has 0 saturated carbocycles. The minimum atomic E-state index is -1.03. The van der Waals surface area contributed by atoms with Crippen molar-refractivity contribution in [2.24, 2.45) is 5.92 Å². The molecule has 37 heavy (non-hydrogen) atoms. The monoisotopic (exact) mass is 506 g/mol. The molecular formula is C30H34O7. The number of phenols is 4. The van der Waals surface area contributed by atoms with Crippen LogP contribution in [-0.2, 0) is 6.42 Å². The summed E-state index contributed by atoms with van der Waals surface area (Å²) in [5.74, 6) is -1.12. The minimum absolute atomic E-state index is 0.0128. The summed E-state index contributed by atoms with van der Waals surface area (Å²) < 4.78 is 12.5. The van der Waals surface area contributed by atoms with Gasteiger partial charge in [0, 0.05) is 17.7 Å². The Morgan fingerprint density at radius 3 is 2.38 bits per heavy atom. The molecule has 2 aromatic rings. The van der Waals surface area contributed by atoms with Gasteiger partial charge in [-0.3, -0.25) is 4.79 Å². The van der Waals surface area contributed by atoms with Crippen molar-refractivity contribution in [3.05, 3.63) is 64.3 Å². The van der Waals surface area contributed by atoms with E-state index in [1.807, 2.05) is 46.8 Å². The zero-order valence-corrected chi connectivity index (χ0v) is 21.9. The quantitative estimate of drug-likeness (QED) is 0.331. The minimum Gasteiger partial charge on any atom is -0.508 e. The highest BCUT2D eigenvalue weighted by Crippen LogP contribution is 2.53. The fourth-order valence-electron chi connectivity index (χ4n) is 4.82. The summed E-state index contributed by atoms with van der Waals surface area (Å²) in [7, 11) is 0. The zero-order chi connectivity index (χ0) is 27.2. The lowest BCUT2D eigenvalue weighted by molar-refractivity contribution is 0.0834. The van der Waals surface area contributed by atoms with Crippen LogP contribution in [0.5, 0.6) is 34.5 Å². The lowest BCUT2D eigenvalue weighted by Crippen LogP contribution is -2.30. The number of allylic oxidation sites excluding steroid dienone is 3. The number of carbonyl (C=O) groups excluding carboxylic acids is 1. The van der Waals surface area contributed by atoms with Gasteiger partial charge in [-0.1, -0.05) is 23.8 Å². The fraction of sp³-hybridized carbons (Fsp3) is 0.367. The molecule has 2 unspecified atom stereocenters. The third-order valence-electron chi connectivity index (χ3n) is 6.84. The van der Waals surface area contributed by atoms with Gasteiger partial charge in [-0.05, 0) is 65.5 Å². The number of Topliss-reactive ketones (excluding diaryl/α,β-unsaturated/α-hetero) is 1. The van der Waals surface area contributed by atoms with E-state index in [2.05, 4.69) is 12.7 Å². The molecule has 0 saturated heterocycles. The van der Waals surface area contributed by atoms with Crippen molar-refractivity contribution in [2.75, 3.05) is 0 Å². The molecule has 7 nitrogen and oxygen atoms in total. The standard InChI is InChI=1S/C30H34O7/c1-15(2)7-8-17(16(3)4)11-20-27(35)26-23(34)14-24(25-21(32)12-18(31)13-22(25)33)36-29(26)19-9-10-30(5,6)37-28(19)20/h7,9-10,12-13,17,24,31-33,35H,3,8,11,14H2,1-2,4-6H3. The first kappa shape index (κ1) is 26.2. The van der Waals surface area contributed by atoms with E-state index in [0.717, 1.165) is 24.1 Å². The number of benzene rings is 2. The lowest BCUT2D eigenvalue weighted by Gasteiger charge is -2.35. The molecule has 2 aliphatic heterocycles. The fourth-order valence-corrected chi connectivity index (χ4v) is 4.82. The Labute approximate surface area is 217 Å². The summed E-state index contributed by atoms with van der Waals surface area (Å²) in [6.07, 6.45) is 5.69. The average Bonchev–Trinajstić information content (AvgIpc) is 2.76. The number of fused-ring (bicyclic) bond motifs is 3. The Balaban J connectivity index is 1.87. The summed E-state index contributed by atoms with van der Waals surface area (Å²) in [6.45, 7) is 13.9. The van der Waals surface area contributed by atoms with Crippen LogP contribution >= 0.6 is 0 Å². The van der Waals surface area contributed by atoms with Gasteiger partial charge in [0.1, 0.15) is 51.8 Å². The molecule has 0 fully saturated rings. The second kappa shape index (κ2) is 9.54. The number of phenolic OH excluding ortho intramolecular Hbond substituents is 4. The molecule has 2 atom stereocenters. The molecule has 0 spiro atoms. The average molecular weight is 507 g/mol. The topological polar surface area (TPSA) is 116 Å². The third-order valence-corrected chi connectivity index (χ3v) is 6.84. The van der Waals surface area contributed by atoms with E-state index < -0.39 is 29.0 Å². The number of hydrogen-bond acceptors (Lipinski definition) is 7. The van der Waals surface area contributed by atoms with Gasteiger partial charge in [-0.2, -0.15) is 0 Å². The van der Waals surface area contributed by atoms with E-state index in [1.165, 1.54) is 5.57 Å². The summed E-state index contributed by atoms with van der Waals surface area (Å²) in [4.78, 5) is 13.4. The zero-order valence-electron chi connectivity index (χ0n) is 21.9. The Morgan fingerprint density at radius 2 is 1.78 bits per heavy atom. The van der Waals surface area contributed by atoms with E-state index in [4.69, 9.17) is 9.47 Å². The number of carbonyl (C=O) groups is 1. The van der Waals surface area contributed by atoms with Gasteiger partial charge in [0.15, 0.2) is 5.78 Å². The molecule has 2 aliphatic rings. The van der Waals surface area contributed by atoms with Gasteiger partial charge in [-0.15, -0.1) is 0 Å². The first-order valence-electron chi connectivity index (χ1n) is 12.3. The maximum Gasteiger partial charge on any atom is 0.174 e. The van der Waals surface area contributed by atoms with Crippen molar-refractivity contribution in [1.29, 1.82) is 0 Å². The van der Waals surface area contributed by atoms with Crippen LogP contribution in [0.4, 0.5) is 0 Å². The predicted molar refractivity (Wildman–Crippen MR) is 142 cm³/mol. The van der Waals surface area contributed by atoms with Crippen molar-refractivity contribution in [3.63, 3.8) is 0 Å². The van der Waals surface area contributed by atoms with Crippen molar-refractivity contribution >= 4 is 11.9 Å². The number of ketones is 1. The number of aromatic hydroxyl groups is 4. The van der Waals surface area contributed by atoms with Crippen LogP contribution < -0.4 is 9.47 Å². The summed E-state index contributed by atoms with van der Waals surface area (Å²) in [6, 6.07) is 2.15. The molecule has 0 amide bonds. The van der Waals surface area contributed by atoms with Gasteiger partial charge < -0.3 is 29.9 Å². The van der Waals surface area contributed by atoms with Gasteiger partial charge in [0.05, 0.1) is 17.5 Å². The van der Waals surface area contributed by atoms with E-state index in [1.54, 1.807) is 0 Å². The lowest BCUT2D eigenvalue weighted by atomic mass is 9.84. The van der Waals surface area contributed by atoms with Crippen LogP contribution in [-0.4, -0.2) is 31.8 Å². The largest absolute Gasteiger partial charge is 0.508 e. The van der Waals surface area contributed by atoms with Crippen LogP contribution in [0.2, 0.25) is 0 Å². The Bertz CT molecular complexity index is 1320. The smallest absolute Gasteiger partial charge is 0.174 e. The predicted octanol–water partition coefficient (Wildman–Crippen LogP) is 6.49. The molecule has 2 aromatic carbocycles. The van der Waals surface area contributed by atoms with Crippen LogP contribution in [0.15, 0.2) is 42.0 Å². The van der Waals surface area contributed by atoms with Gasteiger partial charge in [0.25, 0.3) is 0 Å². The maximum atomic E-state index is 13.4. The highest BCUT2D eigenvalue weighted by molar-refractivity contribution is 6.05. The third kappa shape index (κ3) is 5.03. The van der Waals surface area contributed by atoms with Crippen LogP contribution in [0.25, 0.3) is 6.08 Å². The number of rotatable bonds is 6. The molecule has 2 heterocycles. The first-order chi connectivity index (χ1) is 17.3. The molecule has 4 rings (SSSR count). The van der Waals surface area contributed by atoms with E-state index in [9.17, 15) is 25.2 Å². The Kier molecular flexibility index (Phi) is 6.76. The number of hydrogen-bond donors (Lipinski definition) is 4. The number of ether oxygens (including phenoxy) is 2. The second-order valence-corrected chi connectivity index (χ2v) is 10.7. The van der Waals surface area contributed by atoms with E-state index in [0.29, 0.717) is 23.3 Å². The molecule has 4 N–H and O–H groups in total. The van der Waals surface area contributed by atoms with E-state index >= 15 is 0 Å². The molecule has 0 bridgehead atoms. The van der Waals surface area contributed by atoms with Crippen molar-refractivity contribution in [2.45, 2.75) is 65.6 Å². The second-order valence-electron chi connectivity index (χ2n) is 10.7. The van der Waals surface area contributed by atoms with Crippen LogP contribution in [0.1, 0.15) is 80.6 Å². The van der Waals surface area contributed by atoms with Crippen molar-refractivity contribution in [1.82, 2.24) is 0 Å². The van der Waals surface area contributed by atoms with Crippen LogP contribution in [0.3, 0.4) is 0 Å². The molecule has 0 aromatic heterocycles. The molecule has 196 valence electrons. The van der Waals surface area contributed by atoms with Gasteiger partial charge >= 0.3 is 0 Å². The summed E-state index contributed by atoms with van der Waals surface area (Å²) >= 11 is 0. The molecule has 0 radical (unpaired) electrons. The normalized spacial score (nSPS) is 18.2. The summed E-state index contributed by atoms with van der Waals surface area (Å²) in [5, 5.41) is 41.9. The molecule has 7 heteroatoms. The highest BCUT2D eigenvalue weighted by Gasteiger charge is 2.40. The Hall–Kier alpha value is -3.87. The Morgan fingerprint density at radius 1 is 1.14 bits per heavy atom. The first-order valence-corrected chi connectivity index (χ1v) is 12.3. The SMILES string of the molecule is C=C(C)C(CC=C(C)C)Cc1c(O)c2c(c3c1OC(C)(C)C=C3)OC(c1c(O)cc(O)cc1O)CC2=O. The molecular weight excluding hydrogens is 472 g/mol. The summed E-state index contributed by atoms with van der Waals surface area (Å²) in [5.41, 5.74) is 2.55. The maximum absolute atomic E-state index is 13.4. The van der Waals surface area contributed by atoms with Gasteiger partial charge in [0.2, 0.25) is 0 Å². The van der Waals surface area contributed by atoms with E-state index in [-0.39, 0.29) is 40.7 Å². The van der Waals surface area contributed by atoms with Gasteiger partial charge in [-0.25, -0.2) is 0 Å².